The third-order valence-electron chi connectivity index (χ3n) is 5.87. The third-order valence-corrected chi connectivity index (χ3v) is 5.87. The summed E-state index contributed by atoms with van der Waals surface area (Å²) in [5.74, 6) is 0.956. The number of amides is 1. The summed E-state index contributed by atoms with van der Waals surface area (Å²) in [5, 5.41) is 6.71. The van der Waals surface area contributed by atoms with E-state index in [4.69, 9.17) is 4.74 Å². The molecular formula is C19H35N3O2. The average Bonchev–Trinajstić information content (AvgIpc) is 2.97. The predicted octanol–water partition coefficient (Wildman–Crippen LogP) is 1.91. The van der Waals surface area contributed by atoms with Crippen LogP contribution < -0.4 is 10.6 Å². The molecule has 5 heteroatoms. The monoisotopic (exact) mass is 337 g/mol. The highest BCUT2D eigenvalue weighted by atomic mass is 16.5. The van der Waals surface area contributed by atoms with Crippen LogP contribution in [-0.2, 0) is 9.53 Å². The summed E-state index contributed by atoms with van der Waals surface area (Å²) < 4.78 is 5.77. The number of hydrogen-bond donors (Lipinski definition) is 2. The summed E-state index contributed by atoms with van der Waals surface area (Å²) >= 11 is 0. The van der Waals surface area contributed by atoms with Crippen LogP contribution in [0.4, 0.5) is 0 Å². The van der Waals surface area contributed by atoms with E-state index in [1.807, 2.05) is 0 Å². The third kappa shape index (κ3) is 4.93. The first kappa shape index (κ1) is 18.2. The molecule has 1 aliphatic carbocycles. The number of rotatable bonds is 6. The van der Waals surface area contributed by atoms with Crippen molar-refractivity contribution in [2.24, 2.45) is 5.92 Å². The van der Waals surface area contributed by atoms with Crippen molar-refractivity contribution in [1.82, 2.24) is 15.5 Å². The number of nitrogens with one attached hydrogen (secondary N) is 2. The molecule has 1 amide bonds. The summed E-state index contributed by atoms with van der Waals surface area (Å²) in [4.78, 5) is 14.8. The number of hydrogen-bond acceptors (Lipinski definition) is 4. The number of unbranched alkanes of at least 4 members (excludes halogenated alkanes) is 1. The van der Waals surface area contributed by atoms with E-state index in [1.165, 1.54) is 25.7 Å². The maximum atomic E-state index is 12.3. The Morgan fingerprint density at radius 1 is 1.17 bits per heavy atom. The largest absolute Gasteiger partial charge is 0.373 e. The average molecular weight is 338 g/mol. The van der Waals surface area contributed by atoms with Gasteiger partial charge in [0.25, 0.3) is 0 Å². The maximum Gasteiger partial charge on any atom is 0.237 e. The Balaban J connectivity index is 1.27. The van der Waals surface area contributed by atoms with Crippen molar-refractivity contribution in [3.8, 4) is 0 Å². The topological polar surface area (TPSA) is 53.6 Å². The van der Waals surface area contributed by atoms with Gasteiger partial charge in [0.2, 0.25) is 5.91 Å². The van der Waals surface area contributed by atoms with E-state index < -0.39 is 0 Å². The summed E-state index contributed by atoms with van der Waals surface area (Å²) in [6.45, 7) is 8.28. The molecule has 5 nitrogen and oxygen atoms in total. The van der Waals surface area contributed by atoms with Gasteiger partial charge in [-0.1, -0.05) is 12.8 Å². The van der Waals surface area contributed by atoms with Crippen molar-refractivity contribution in [2.45, 2.75) is 83.1 Å². The Morgan fingerprint density at radius 2 is 1.92 bits per heavy atom. The van der Waals surface area contributed by atoms with Crippen LogP contribution in [0.2, 0.25) is 0 Å². The molecule has 0 aromatic carbocycles. The molecule has 3 aliphatic rings. The molecule has 0 bridgehead atoms. The highest BCUT2D eigenvalue weighted by Crippen LogP contribution is 2.33. The minimum absolute atomic E-state index is 0.0547. The Hall–Kier alpha value is -0.650. The second-order valence-corrected chi connectivity index (χ2v) is 8.12. The summed E-state index contributed by atoms with van der Waals surface area (Å²) in [5.41, 5.74) is 0. The van der Waals surface area contributed by atoms with E-state index >= 15 is 0 Å². The van der Waals surface area contributed by atoms with Crippen LogP contribution in [0, 0.1) is 5.92 Å². The number of morpholine rings is 1. The quantitative estimate of drug-likeness (QED) is 0.727. The Bertz CT molecular complexity index is 393. The van der Waals surface area contributed by atoms with E-state index in [9.17, 15) is 4.79 Å². The zero-order valence-corrected chi connectivity index (χ0v) is 15.4. The van der Waals surface area contributed by atoms with Gasteiger partial charge in [-0.25, -0.2) is 0 Å². The lowest BCUT2D eigenvalue weighted by Gasteiger charge is -2.35. The normalized spacial score (nSPS) is 37.2. The number of fused-ring (bicyclic) bond motifs is 1. The molecule has 24 heavy (non-hydrogen) atoms. The molecule has 0 radical (unpaired) electrons. The molecule has 3 fully saturated rings. The lowest BCUT2D eigenvalue weighted by molar-refractivity contribution is -0.122. The zero-order chi connectivity index (χ0) is 16.9. The van der Waals surface area contributed by atoms with Gasteiger partial charge in [-0.05, 0) is 58.4 Å². The fourth-order valence-corrected chi connectivity index (χ4v) is 4.78. The van der Waals surface area contributed by atoms with Crippen molar-refractivity contribution in [2.75, 3.05) is 26.2 Å². The minimum atomic E-state index is 0.0547. The zero-order valence-electron chi connectivity index (χ0n) is 15.4. The van der Waals surface area contributed by atoms with Gasteiger partial charge in [0.05, 0.1) is 18.2 Å². The smallest absolute Gasteiger partial charge is 0.237 e. The molecule has 1 saturated carbocycles. The van der Waals surface area contributed by atoms with E-state index in [1.54, 1.807) is 0 Å². The fourth-order valence-electron chi connectivity index (χ4n) is 4.78. The molecular weight excluding hydrogens is 302 g/mol. The van der Waals surface area contributed by atoms with Crippen molar-refractivity contribution in [3.05, 3.63) is 0 Å². The summed E-state index contributed by atoms with van der Waals surface area (Å²) in [6, 6.07) is 0.652. The molecule has 5 unspecified atom stereocenters. The van der Waals surface area contributed by atoms with Crippen LogP contribution in [0.5, 0.6) is 0 Å². The number of carbonyl (C=O) groups excluding carboxylic acids is 1. The van der Waals surface area contributed by atoms with Gasteiger partial charge in [-0.3, -0.25) is 9.69 Å². The van der Waals surface area contributed by atoms with Gasteiger partial charge in [0.15, 0.2) is 0 Å². The van der Waals surface area contributed by atoms with Gasteiger partial charge < -0.3 is 15.4 Å². The Labute approximate surface area is 146 Å². The second kappa shape index (κ2) is 8.63. The van der Waals surface area contributed by atoms with E-state index in [0.717, 1.165) is 51.4 Å². The van der Waals surface area contributed by atoms with Gasteiger partial charge >= 0.3 is 0 Å². The highest BCUT2D eigenvalue weighted by molar-refractivity contribution is 5.82. The number of ether oxygens (including phenoxy) is 1. The van der Waals surface area contributed by atoms with Gasteiger partial charge in [-0.2, -0.15) is 0 Å². The fraction of sp³-hybridized carbons (Fsp3) is 0.947. The first-order chi connectivity index (χ1) is 11.6. The molecule has 2 N–H and O–H groups in total. The lowest BCUT2D eigenvalue weighted by Crippen LogP contribution is -2.46. The highest BCUT2D eigenvalue weighted by Gasteiger charge is 2.37. The molecule has 138 valence electrons. The Kier molecular flexibility index (Phi) is 6.53. The number of nitrogens with zero attached hydrogens (tertiary/aromatic N) is 1. The van der Waals surface area contributed by atoms with Crippen molar-refractivity contribution < 1.29 is 9.53 Å². The van der Waals surface area contributed by atoms with E-state index in [2.05, 4.69) is 29.4 Å². The molecule has 2 heterocycles. The van der Waals surface area contributed by atoms with Crippen LogP contribution >= 0.6 is 0 Å². The second-order valence-electron chi connectivity index (χ2n) is 8.12. The molecule has 0 aromatic rings. The van der Waals surface area contributed by atoms with E-state index in [0.29, 0.717) is 18.2 Å². The minimum Gasteiger partial charge on any atom is -0.373 e. The number of carbonyl (C=O) groups is 1. The van der Waals surface area contributed by atoms with Crippen molar-refractivity contribution in [1.29, 1.82) is 0 Å². The summed E-state index contributed by atoms with van der Waals surface area (Å²) in [7, 11) is 0. The van der Waals surface area contributed by atoms with Crippen LogP contribution in [0.25, 0.3) is 0 Å². The van der Waals surface area contributed by atoms with Crippen LogP contribution in [0.1, 0.15) is 58.8 Å². The van der Waals surface area contributed by atoms with Crippen molar-refractivity contribution in [3.63, 3.8) is 0 Å². The predicted molar refractivity (Wildman–Crippen MR) is 96.0 cm³/mol. The summed E-state index contributed by atoms with van der Waals surface area (Å²) in [6.07, 6.45) is 9.14. The molecule has 2 saturated heterocycles. The first-order valence-corrected chi connectivity index (χ1v) is 10.0. The molecule has 5 atom stereocenters. The van der Waals surface area contributed by atoms with E-state index in [-0.39, 0.29) is 11.9 Å². The van der Waals surface area contributed by atoms with Crippen LogP contribution in [0.15, 0.2) is 0 Å². The van der Waals surface area contributed by atoms with Crippen LogP contribution in [-0.4, -0.2) is 61.3 Å². The Morgan fingerprint density at radius 3 is 2.67 bits per heavy atom. The van der Waals surface area contributed by atoms with Gasteiger partial charge in [0.1, 0.15) is 0 Å². The molecule has 0 spiro atoms. The molecule has 0 aromatic heterocycles. The van der Waals surface area contributed by atoms with Gasteiger partial charge in [0, 0.05) is 25.7 Å². The standard InChI is InChI=1S/C19H35N3O2/c1-14-12-22(13-15(2)24-14)10-6-5-9-20-19(23)18-11-16-7-3-4-8-17(16)21-18/h14-18,21H,3-13H2,1-2H3,(H,20,23). The molecule has 3 rings (SSSR count). The maximum absolute atomic E-state index is 12.3. The lowest BCUT2D eigenvalue weighted by atomic mass is 9.85. The van der Waals surface area contributed by atoms with Gasteiger partial charge in [-0.15, -0.1) is 0 Å². The SMILES string of the molecule is CC1CN(CCCCNC(=O)C2CC3CCCCC3N2)CC(C)O1. The van der Waals surface area contributed by atoms with Crippen LogP contribution in [0.3, 0.4) is 0 Å². The first-order valence-electron chi connectivity index (χ1n) is 10.0. The van der Waals surface area contributed by atoms with Crippen molar-refractivity contribution >= 4 is 5.91 Å². The molecule has 2 aliphatic heterocycles.